The second kappa shape index (κ2) is 10.6. The Morgan fingerprint density at radius 2 is 1.93 bits per heavy atom. The Kier molecular flexibility index (Phi) is 7.93. The number of aromatic nitrogens is 2. The summed E-state index contributed by atoms with van der Waals surface area (Å²) in [6.45, 7) is 2.02. The molecule has 0 atom stereocenters. The van der Waals surface area contributed by atoms with Gasteiger partial charge in [-0.25, -0.2) is 0 Å². The fourth-order valence-electron chi connectivity index (χ4n) is 2.25. The summed E-state index contributed by atoms with van der Waals surface area (Å²) in [5, 5.41) is 7.26. The average molecular weight is 465 g/mol. The maximum absolute atomic E-state index is 12.3. The number of anilines is 2. The molecule has 2 N–H and O–H groups in total. The van der Waals surface area contributed by atoms with E-state index in [0.29, 0.717) is 26.6 Å². The third-order valence-electron chi connectivity index (χ3n) is 3.48. The highest BCUT2D eigenvalue weighted by Crippen LogP contribution is 2.24. The quantitative estimate of drug-likeness (QED) is 0.441. The van der Waals surface area contributed by atoms with Gasteiger partial charge in [-0.05, 0) is 42.2 Å². The Morgan fingerprint density at radius 1 is 1.10 bits per heavy atom. The van der Waals surface area contributed by atoms with Gasteiger partial charge in [0.25, 0.3) is 5.91 Å². The Balaban J connectivity index is 1.53. The molecule has 150 valence electrons. The number of thioether (sulfide) groups is 2. The van der Waals surface area contributed by atoms with Crippen molar-refractivity contribution in [1.29, 1.82) is 0 Å². The molecule has 0 saturated heterocycles. The largest absolute Gasteiger partial charge is 0.322 e. The third kappa shape index (κ3) is 6.74. The SMILES string of the molecule is CCSc1nsc(NC(=O)CSc2cccc(NC(=O)c3cccc(Cl)c3)c2)n1. The first-order valence-electron chi connectivity index (χ1n) is 8.59. The number of nitrogens with zero attached hydrogens (tertiary/aromatic N) is 2. The highest BCUT2D eigenvalue weighted by molar-refractivity contribution is 8.00. The monoisotopic (exact) mass is 464 g/mol. The molecule has 2 amide bonds. The standard InChI is InChI=1S/C19H17ClN4O2S3/c1-2-27-19-23-18(29-24-19)22-16(25)11-28-15-8-4-7-14(10-15)21-17(26)12-5-3-6-13(20)9-12/h3-10H,2,11H2,1H3,(H,21,26)(H,22,23,24,25). The number of amides is 2. The minimum absolute atomic E-state index is 0.160. The number of benzene rings is 2. The van der Waals surface area contributed by atoms with E-state index < -0.39 is 0 Å². The second-order valence-corrected chi connectivity index (χ2v) is 9.11. The minimum atomic E-state index is -0.246. The summed E-state index contributed by atoms with van der Waals surface area (Å²) in [6.07, 6.45) is 0. The van der Waals surface area contributed by atoms with Crippen molar-refractivity contribution in [2.75, 3.05) is 22.1 Å². The van der Waals surface area contributed by atoms with Crippen LogP contribution in [-0.4, -0.2) is 32.7 Å². The molecule has 0 unspecified atom stereocenters. The lowest BCUT2D eigenvalue weighted by atomic mass is 10.2. The van der Waals surface area contributed by atoms with E-state index in [4.69, 9.17) is 11.6 Å². The molecule has 2 aromatic carbocycles. The molecule has 0 aliphatic carbocycles. The summed E-state index contributed by atoms with van der Waals surface area (Å²) in [5.41, 5.74) is 1.12. The summed E-state index contributed by atoms with van der Waals surface area (Å²) < 4.78 is 4.17. The van der Waals surface area contributed by atoms with Gasteiger partial charge in [0, 0.05) is 32.7 Å². The van der Waals surface area contributed by atoms with Crippen LogP contribution in [0.2, 0.25) is 5.02 Å². The van der Waals surface area contributed by atoms with Crippen molar-refractivity contribution in [3.8, 4) is 0 Å². The van der Waals surface area contributed by atoms with Crippen molar-refractivity contribution in [3.63, 3.8) is 0 Å². The van der Waals surface area contributed by atoms with Crippen LogP contribution >= 0.6 is 46.7 Å². The van der Waals surface area contributed by atoms with Gasteiger partial charge in [-0.2, -0.15) is 9.36 Å². The van der Waals surface area contributed by atoms with Crippen LogP contribution in [-0.2, 0) is 4.79 Å². The van der Waals surface area contributed by atoms with Gasteiger partial charge in [0.15, 0.2) is 0 Å². The van der Waals surface area contributed by atoms with E-state index in [-0.39, 0.29) is 17.6 Å². The highest BCUT2D eigenvalue weighted by Gasteiger charge is 2.10. The molecule has 0 aliphatic heterocycles. The fourth-order valence-corrected chi connectivity index (χ4v) is 4.48. The van der Waals surface area contributed by atoms with E-state index in [0.717, 1.165) is 10.6 Å². The van der Waals surface area contributed by atoms with E-state index in [1.54, 1.807) is 30.3 Å². The molecule has 0 bridgehead atoms. The predicted octanol–water partition coefficient (Wildman–Crippen LogP) is 5.29. The van der Waals surface area contributed by atoms with Crippen molar-refractivity contribution >= 4 is 69.3 Å². The van der Waals surface area contributed by atoms with Gasteiger partial charge >= 0.3 is 0 Å². The van der Waals surface area contributed by atoms with Crippen LogP contribution in [0.1, 0.15) is 17.3 Å². The topological polar surface area (TPSA) is 84.0 Å². The Morgan fingerprint density at radius 3 is 2.72 bits per heavy atom. The van der Waals surface area contributed by atoms with Gasteiger partial charge in [0.05, 0.1) is 5.75 Å². The lowest BCUT2D eigenvalue weighted by Gasteiger charge is -2.08. The Labute approximate surface area is 186 Å². The number of halogens is 1. The molecule has 1 aromatic heterocycles. The zero-order valence-electron chi connectivity index (χ0n) is 15.3. The predicted molar refractivity (Wildman–Crippen MR) is 122 cm³/mol. The van der Waals surface area contributed by atoms with E-state index in [9.17, 15) is 9.59 Å². The van der Waals surface area contributed by atoms with Crippen LogP contribution in [0.3, 0.4) is 0 Å². The molecule has 6 nitrogen and oxygen atoms in total. The number of rotatable bonds is 8. The summed E-state index contributed by atoms with van der Waals surface area (Å²) in [5.74, 6) is 0.697. The van der Waals surface area contributed by atoms with Crippen molar-refractivity contribution in [2.24, 2.45) is 0 Å². The molecule has 1 heterocycles. The maximum Gasteiger partial charge on any atom is 0.255 e. The number of carbonyl (C=O) groups is 2. The first kappa shape index (κ1) is 21.6. The van der Waals surface area contributed by atoms with Gasteiger partial charge < -0.3 is 5.32 Å². The minimum Gasteiger partial charge on any atom is -0.322 e. The zero-order chi connectivity index (χ0) is 20.6. The summed E-state index contributed by atoms with van der Waals surface area (Å²) in [6, 6.07) is 14.1. The maximum atomic E-state index is 12.3. The molecule has 29 heavy (non-hydrogen) atoms. The molecule has 0 spiro atoms. The number of carbonyl (C=O) groups excluding carboxylic acids is 2. The molecule has 0 radical (unpaired) electrons. The van der Waals surface area contributed by atoms with Crippen molar-refractivity contribution in [1.82, 2.24) is 9.36 Å². The number of nitrogens with one attached hydrogen (secondary N) is 2. The number of hydrogen-bond donors (Lipinski definition) is 2. The second-order valence-electron chi connectivity index (χ2n) is 5.64. The van der Waals surface area contributed by atoms with Crippen LogP contribution in [0, 0.1) is 0 Å². The van der Waals surface area contributed by atoms with E-state index in [2.05, 4.69) is 20.0 Å². The fraction of sp³-hybridized carbons (Fsp3) is 0.158. The van der Waals surface area contributed by atoms with Crippen LogP contribution in [0.4, 0.5) is 10.8 Å². The molecule has 3 aromatic rings. The van der Waals surface area contributed by atoms with Crippen LogP contribution in [0.25, 0.3) is 0 Å². The summed E-state index contributed by atoms with van der Waals surface area (Å²) in [4.78, 5) is 29.6. The van der Waals surface area contributed by atoms with Gasteiger partial charge in [0.1, 0.15) is 0 Å². The molecule has 0 saturated carbocycles. The van der Waals surface area contributed by atoms with Gasteiger partial charge in [-0.3, -0.25) is 14.9 Å². The van der Waals surface area contributed by atoms with Crippen LogP contribution in [0.15, 0.2) is 58.6 Å². The zero-order valence-corrected chi connectivity index (χ0v) is 18.6. The van der Waals surface area contributed by atoms with E-state index >= 15 is 0 Å². The lowest BCUT2D eigenvalue weighted by molar-refractivity contribution is -0.113. The molecule has 10 heteroatoms. The number of hydrogen-bond acceptors (Lipinski definition) is 7. The smallest absolute Gasteiger partial charge is 0.255 e. The van der Waals surface area contributed by atoms with Gasteiger partial charge in [-0.1, -0.05) is 42.4 Å². The lowest BCUT2D eigenvalue weighted by Crippen LogP contribution is -2.14. The molecule has 0 fully saturated rings. The van der Waals surface area contributed by atoms with Gasteiger partial charge in [0.2, 0.25) is 16.2 Å². The average Bonchev–Trinajstić information content (AvgIpc) is 3.14. The molecule has 3 rings (SSSR count). The summed E-state index contributed by atoms with van der Waals surface area (Å²) in [7, 11) is 0. The normalized spacial score (nSPS) is 10.6. The van der Waals surface area contributed by atoms with Gasteiger partial charge in [-0.15, -0.1) is 11.8 Å². The summed E-state index contributed by atoms with van der Waals surface area (Å²) >= 11 is 10.0. The molecular formula is C19H17ClN4O2S3. The van der Waals surface area contributed by atoms with Crippen molar-refractivity contribution in [3.05, 3.63) is 59.1 Å². The molecule has 0 aliphatic rings. The van der Waals surface area contributed by atoms with Crippen LogP contribution in [0.5, 0.6) is 0 Å². The van der Waals surface area contributed by atoms with Crippen molar-refractivity contribution < 1.29 is 9.59 Å². The Hall–Kier alpha value is -2.07. The highest BCUT2D eigenvalue weighted by atomic mass is 35.5. The third-order valence-corrected chi connectivity index (χ3v) is 6.18. The first-order valence-corrected chi connectivity index (χ1v) is 11.7. The Bertz CT molecular complexity index is 1010. The van der Waals surface area contributed by atoms with E-state index in [1.807, 2.05) is 25.1 Å². The van der Waals surface area contributed by atoms with Crippen LogP contribution < -0.4 is 10.6 Å². The molecular weight excluding hydrogens is 448 g/mol. The van der Waals surface area contributed by atoms with Crippen molar-refractivity contribution in [2.45, 2.75) is 17.0 Å². The first-order chi connectivity index (χ1) is 14.0. The van der Waals surface area contributed by atoms with E-state index in [1.165, 1.54) is 35.1 Å².